The maximum Gasteiger partial charge on any atom is 0.152 e. The lowest BCUT2D eigenvalue weighted by Gasteiger charge is -2.38. The van der Waals surface area contributed by atoms with Gasteiger partial charge in [0.1, 0.15) is 17.5 Å². The summed E-state index contributed by atoms with van der Waals surface area (Å²) in [7, 11) is 2.15. The Kier molecular flexibility index (Phi) is 7.83. The Morgan fingerprint density at radius 3 is 2.44 bits per heavy atom. The fraction of sp³-hybridized carbons (Fsp3) is 0.318. The van der Waals surface area contributed by atoms with Gasteiger partial charge >= 0.3 is 0 Å². The number of hydrogen-bond acceptors (Lipinski definition) is 6. The first-order valence-corrected chi connectivity index (χ1v) is 17.9. The molecule has 0 spiro atoms. The summed E-state index contributed by atoms with van der Waals surface area (Å²) in [6, 6.07) is 22.3. The topological polar surface area (TPSA) is 61.8 Å². The van der Waals surface area contributed by atoms with Crippen molar-refractivity contribution < 1.29 is 4.74 Å². The predicted molar refractivity (Wildman–Crippen MR) is 205 cm³/mol. The van der Waals surface area contributed by atoms with Gasteiger partial charge in [0, 0.05) is 47.2 Å². The average Bonchev–Trinajstić information content (AvgIpc) is 3.40. The minimum atomic E-state index is -0.558. The fourth-order valence-corrected chi connectivity index (χ4v) is 8.34. The summed E-state index contributed by atoms with van der Waals surface area (Å²) in [4.78, 5) is 12.7. The number of hydrogen-bond donors (Lipinski definition) is 2. The van der Waals surface area contributed by atoms with E-state index in [1.165, 1.54) is 22.4 Å². The molecule has 1 aromatic heterocycles. The van der Waals surface area contributed by atoms with Crippen LogP contribution in [0.4, 0.5) is 0 Å². The zero-order valence-corrected chi connectivity index (χ0v) is 30.2. The quantitative estimate of drug-likeness (QED) is 0.285. The highest BCUT2D eigenvalue weighted by molar-refractivity contribution is 5.94. The van der Waals surface area contributed by atoms with Crippen LogP contribution < -0.4 is 10.6 Å². The number of aromatic nitrogens is 1. The van der Waals surface area contributed by atoms with Crippen molar-refractivity contribution in [3.8, 4) is 22.5 Å². The number of rotatable bonds is 5. The number of aliphatic imine (C=N–C) groups is 1. The van der Waals surface area contributed by atoms with Gasteiger partial charge in [-0.1, -0.05) is 54.6 Å². The third-order valence-electron chi connectivity index (χ3n) is 10.9. The standard InChI is InChI=1S/C44H47N5O/c1-27-21-30(4)49(7)42(45-27)34-14-10-12-32(22-34)39-25-35(31-18-19-43(5)38(24-31)37-16-8-9-17-41(37)50-43)26-40(46-39)33-13-11-15-36(23-33)44(6)47-28(2)20-29(3)48-44/h9-15,17-27,38,42,45,47H,8,16H2,1-7H3. The Balaban J connectivity index is 1.24. The summed E-state index contributed by atoms with van der Waals surface area (Å²) >= 11 is 0. The van der Waals surface area contributed by atoms with Gasteiger partial charge in [-0.05, 0) is 131 Å². The molecule has 50 heavy (non-hydrogen) atoms. The van der Waals surface area contributed by atoms with E-state index in [1.54, 1.807) is 0 Å². The largest absolute Gasteiger partial charge is 0.483 e. The highest BCUT2D eigenvalue weighted by atomic mass is 16.5. The van der Waals surface area contributed by atoms with Gasteiger partial charge in [-0.2, -0.15) is 0 Å². The van der Waals surface area contributed by atoms with Gasteiger partial charge in [-0.25, -0.2) is 4.98 Å². The van der Waals surface area contributed by atoms with Gasteiger partial charge in [0.15, 0.2) is 5.66 Å². The summed E-state index contributed by atoms with van der Waals surface area (Å²) in [5, 5.41) is 7.37. The van der Waals surface area contributed by atoms with Crippen molar-refractivity contribution in [2.75, 3.05) is 7.05 Å². The lowest BCUT2D eigenvalue weighted by atomic mass is 9.77. The molecule has 0 saturated heterocycles. The first kappa shape index (κ1) is 32.3. The molecule has 2 N–H and O–H groups in total. The molecule has 0 fully saturated rings. The Bertz CT molecular complexity index is 2110. The van der Waals surface area contributed by atoms with Crippen LogP contribution in [-0.2, 0) is 10.4 Å². The number of benzene rings is 2. The molecule has 5 unspecified atom stereocenters. The second kappa shape index (κ2) is 12.1. The normalized spacial score (nSPS) is 28.5. The Morgan fingerprint density at radius 2 is 1.66 bits per heavy atom. The van der Waals surface area contributed by atoms with Gasteiger partial charge in [0.25, 0.3) is 0 Å². The highest BCUT2D eigenvalue weighted by Crippen LogP contribution is 2.49. The van der Waals surface area contributed by atoms with E-state index >= 15 is 0 Å². The molecule has 0 bridgehead atoms. The van der Waals surface area contributed by atoms with Crippen molar-refractivity contribution in [1.29, 1.82) is 0 Å². The van der Waals surface area contributed by atoms with E-state index in [0.717, 1.165) is 63.7 Å². The van der Waals surface area contributed by atoms with Gasteiger partial charge in [0.2, 0.25) is 0 Å². The molecule has 254 valence electrons. The molecule has 8 rings (SSSR count). The van der Waals surface area contributed by atoms with Crippen LogP contribution in [0.3, 0.4) is 0 Å². The van der Waals surface area contributed by atoms with Crippen LogP contribution in [0.25, 0.3) is 28.1 Å². The van der Waals surface area contributed by atoms with Crippen LogP contribution in [0.2, 0.25) is 0 Å². The van der Waals surface area contributed by atoms with E-state index in [4.69, 9.17) is 14.7 Å². The van der Waals surface area contributed by atoms with E-state index in [0.29, 0.717) is 6.04 Å². The molecule has 2 aromatic carbocycles. The summed E-state index contributed by atoms with van der Waals surface area (Å²) in [6.07, 6.45) is 17.8. The Morgan fingerprint density at radius 1 is 0.900 bits per heavy atom. The van der Waals surface area contributed by atoms with Crippen LogP contribution in [0.1, 0.15) is 77.2 Å². The zero-order valence-electron chi connectivity index (χ0n) is 30.2. The highest BCUT2D eigenvalue weighted by Gasteiger charge is 2.44. The monoisotopic (exact) mass is 661 g/mol. The number of allylic oxidation sites excluding steroid dienone is 7. The number of pyridine rings is 1. The average molecular weight is 662 g/mol. The van der Waals surface area contributed by atoms with Gasteiger partial charge in [-0.15, -0.1) is 0 Å². The van der Waals surface area contributed by atoms with Gasteiger partial charge in [0.05, 0.1) is 11.4 Å². The van der Waals surface area contributed by atoms with E-state index in [2.05, 4.69) is 167 Å². The maximum absolute atomic E-state index is 6.53. The summed E-state index contributed by atoms with van der Waals surface area (Å²) in [5.74, 6) is 1.25. The predicted octanol–water partition coefficient (Wildman–Crippen LogP) is 9.34. The minimum Gasteiger partial charge on any atom is -0.483 e. The van der Waals surface area contributed by atoms with Crippen molar-refractivity contribution in [1.82, 2.24) is 20.5 Å². The molecule has 6 heteroatoms. The number of nitrogens with one attached hydrogen (secondary N) is 2. The second-order valence-electron chi connectivity index (χ2n) is 14.9. The molecule has 4 heterocycles. The van der Waals surface area contributed by atoms with Gasteiger partial charge < -0.3 is 15.0 Å². The van der Waals surface area contributed by atoms with E-state index in [-0.39, 0.29) is 17.7 Å². The van der Waals surface area contributed by atoms with E-state index in [9.17, 15) is 0 Å². The number of nitrogens with zero attached hydrogens (tertiary/aromatic N) is 3. The summed E-state index contributed by atoms with van der Waals surface area (Å²) in [5.41, 5.74) is 12.6. The van der Waals surface area contributed by atoms with Crippen molar-refractivity contribution in [2.24, 2.45) is 10.9 Å². The lowest BCUT2D eigenvalue weighted by Crippen LogP contribution is -2.43. The molecule has 6 nitrogen and oxygen atoms in total. The molecular formula is C44H47N5O. The molecule has 3 aromatic rings. The fourth-order valence-electron chi connectivity index (χ4n) is 8.34. The van der Waals surface area contributed by atoms with Crippen LogP contribution in [0.5, 0.6) is 0 Å². The van der Waals surface area contributed by atoms with Crippen LogP contribution >= 0.6 is 0 Å². The van der Waals surface area contributed by atoms with Crippen molar-refractivity contribution in [3.63, 3.8) is 0 Å². The number of ether oxygens (including phenoxy) is 1. The van der Waals surface area contributed by atoms with Crippen molar-refractivity contribution in [3.05, 3.63) is 143 Å². The smallest absolute Gasteiger partial charge is 0.152 e. The minimum absolute atomic E-state index is 0.0792. The zero-order chi connectivity index (χ0) is 34.8. The summed E-state index contributed by atoms with van der Waals surface area (Å²) < 4.78 is 6.53. The molecular weight excluding hydrogens is 615 g/mol. The van der Waals surface area contributed by atoms with Crippen LogP contribution in [0.15, 0.2) is 131 Å². The van der Waals surface area contributed by atoms with Gasteiger partial charge in [-0.3, -0.25) is 10.3 Å². The Hall–Kier alpha value is -4.94. The van der Waals surface area contributed by atoms with E-state index < -0.39 is 5.66 Å². The van der Waals surface area contributed by atoms with Crippen molar-refractivity contribution >= 4 is 11.3 Å². The third-order valence-corrected chi connectivity index (χ3v) is 10.9. The molecule has 0 saturated carbocycles. The first-order valence-electron chi connectivity index (χ1n) is 17.9. The summed E-state index contributed by atoms with van der Waals surface area (Å²) in [6.45, 7) is 12.9. The Labute approximate surface area is 296 Å². The molecule has 3 aliphatic heterocycles. The van der Waals surface area contributed by atoms with E-state index in [1.807, 2.05) is 0 Å². The third kappa shape index (κ3) is 5.75. The molecule has 5 atom stereocenters. The molecule has 5 aliphatic rings. The number of fused-ring (bicyclic) bond motifs is 2. The second-order valence-corrected chi connectivity index (χ2v) is 14.9. The van der Waals surface area contributed by atoms with Crippen molar-refractivity contribution in [2.45, 2.75) is 77.9 Å². The lowest BCUT2D eigenvalue weighted by molar-refractivity contribution is 0.0736. The van der Waals surface area contributed by atoms with Crippen LogP contribution in [-0.4, -0.2) is 34.3 Å². The van der Waals surface area contributed by atoms with Crippen LogP contribution in [0, 0.1) is 5.92 Å². The molecule has 2 aliphatic carbocycles. The molecule has 0 radical (unpaired) electrons. The SMILES string of the molecule is CC1=CC(C)=NC(C)(c2cccc(-c3cc(C4=CC5C6=C(C=CCC6)OC5(C)C=C4)cc(-c4cccc(C5NC(C)C=C(C)N5C)c4)n3)c2)N1. The maximum atomic E-state index is 6.53. The first-order chi connectivity index (χ1) is 24.0. The molecule has 0 amide bonds.